The van der Waals surface area contributed by atoms with Gasteiger partial charge in [-0.2, -0.15) is 0 Å². The zero-order valence-corrected chi connectivity index (χ0v) is 9.30. The highest BCUT2D eigenvalue weighted by Gasteiger charge is 2.35. The molecular weight excluding hydrogens is 174 g/mol. The molecule has 0 bridgehead atoms. The second-order valence-electron chi connectivity index (χ2n) is 4.79. The van der Waals surface area contributed by atoms with Crippen molar-refractivity contribution in [2.24, 2.45) is 5.92 Å². The minimum absolute atomic E-state index is 0.506. The van der Waals surface area contributed by atoms with Crippen molar-refractivity contribution in [2.45, 2.75) is 57.6 Å². The molecule has 1 N–H and O–H groups in total. The third-order valence-corrected chi connectivity index (χ3v) is 3.46. The summed E-state index contributed by atoms with van der Waals surface area (Å²) in [4.78, 5) is 0. The number of nitrogens with one attached hydrogen (secondary N) is 1. The van der Waals surface area contributed by atoms with Gasteiger partial charge in [-0.15, -0.1) is 0 Å². The average molecular weight is 197 g/mol. The molecule has 1 aliphatic carbocycles. The summed E-state index contributed by atoms with van der Waals surface area (Å²) < 4.78 is 5.69. The van der Waals surface area contributed by atoms with Gasteiger partial charge in [-0.3, -0.25) is 0 Å². The van der Waals surface area contributed by atoms with E-state index < -0.39 is 0 Å². The smallest absolute Gasteiger partial charge is 0.0699 e. The van der Waals surface area contributed by atoms with Gasteiger partial charge in [0.05, 0.1) is 6.10 Å². The summed E-state index contributed by atoms with van der Waals surface area (Å²) >= 11 is 0. The van der Waals surface area contributed by atoms with Crippen molar-refractivity contribution < 1.29 is 4.74 Å². The quantitative estimate of drug-likeness (QED) is 0.730. The van der Waals surface area contributed by atoms with E-state index in [1.165, 1.54) is 38.5 Å². The zero-order chi connectivity index (χ0) is 9.80. The molecule has 1 aliphatic heterocycles. The van der Waals surface area contributed by atoms with Gasteiger partial charge in [0.25, 0.3) is 0 Å². The van der Waals surface area contributed by atoms with Crippen LogP contribution in [-0.2, 0) is 4.74 Å². The molecule has 0 aromatic heterocycles. The van der Waals surface area contributed by atoms with Crippen LogP contribution in [0, 0.1) is 5.92 Å². The molecule has 0 amide bonds. The summed E-state index contributed by atoms with van der Waals surface area (Å²) in [5, 5.41) is 3.64. The Bertz CT molecular complexity index is 166. The van der Waals surface area contributed by atoms with Crippen LogP contribution in [0.3, 0.4) is 0 Å². The first-order chi connectivity index (χ1) is 6.90. The second-order valence-corrected chi connectivity index (χ2v) is 4.79. The summed E-state index contributed by atoms with van der Waals surface area (Å²) in [6.45, 7) is 4.35. The summed E-state index contributed by atoms with van der Waals surface area (Å²) in [6.07, 6.45) is 8.53. The highest BCUT2D eigenvalue weighted by atomic mass is 16.5. The lowest BCUT2D eigenvalue weighted by Crippen LogP contribution is -2.33. The Morgan fingerprint density at radius 3 is 3.00 bits per heavy atom. The van der Waals surface area contributed by atoms with Crippen LogP contribution in [0.4, 0.5) is 0 Å². The van der Waals surface area contributed by atoms with Gasteiger partial charge in [0.15, 0.2) is 0 Å². The topological polar surface area (TPSA) is 21.3 Å². The van der Waals surface area contributed by atoms with E-state index in [2.05, 4.69) is 12.2 Å². The lowest BCUT2D eigenvalue weighted by molar-refractivity contribution is 0.0165. The van der Waals surface area contributed by atoms with Crippen LogP contribution in [0.2, 0.25) is 0 Å². The van der Waals surface area contributed by atoms with Crippen molar-refractivity contribution >= 4 is 0 Å². The van der Waals surface area contributed by atoms with Crippen molar-refractivity contribution in [3.05, 3.63) is 0 Å². The third-order valence-electron chi connectivity index (χ3n) is 3.46. The monoisotopic (exact) mass is 197 g/mol. The second kappa shape index (κ2) is 5.13. The van der Waals surface area contributed by atoms with Crippen molar-refractivity contribution in [1.29, 1.82) is 0 Å². The summed E-state index contributed by atoms with van der Waals surface area (Å²) in [5.74, 6) is 0.976. The summed E-state index contributed by atoms with van der Waals surface area (Å²) in [6, 6.07) is 0.820. The highest BCUT2D eigenvalue weighted by Crippen LogP contribution is 2.34. The van der Waals surface area contributed by atoms with E-state index in [4.69, 9.17) is 4.74 Å². The van der Waals surface area contributed by atoms with Crippen molar-refractivity contribution in [1.82, 2.24) is 5.32 Å². The van der Waals surface area contributed by atoms with E-state index >= 15 is 0 Å². The Balaban J connectivity index is 1.54. The largest absolute Gasteiger partial charge is 0.377 e. The van der Waals surface area contributed by atoms with Crippen LogP contribution >= 0.6 is 0 Å². The van der Waals surface area contributed by atoms with Gasteiger partial charge in [0.2, 0.25) is 0 Å². The minimum Gasteiger partial charge on any atom is -0.377 e. The number of ether oxygens (including phenoxy) is 1. The van der Waals surface area contributed by atoms with Crippen LogP contribution in [0.5, 0.6) is 0 Å². The standard InChI is InChI=1S/C12H23NO/c1-2-5-10-8-12(10)13-9-11-6-3-4-7-14-11/h10-13H,2-9H2,1H3. The van der Waals surface area contributed by atoms with Crippen LogP contribution in [0.25, 0.3) is 0 Å². The fourth-order valence-electron chi connectivity index (χ4n) is 2.44. The van der Waals surface area contributed by atoms with Gasteiger partial charge in [0.1, 0.15) is 0 Å². The minimum atomic E-state index is 0.506. The van der Waals surface area contributed by atoms with Crippen LogP contribution in [0.1, 0.15) is 45.4 Å². The molecule has 2 nitrogen and oxygen atoms in total. The molecule has 14 heavy (non-hydrogen) atoms. The predicted molar refractivity (Wildman–Crippen MR) is 58.4 cm³/mol. The van der Waals surface area contributed by atoms with E-state index in [0.29, 0.717) is 6.10 Å². The van der Waals surface area contributed by atoms with Gasteiger partial charge < -0.3 is 10.1 Å². The fraction of sp³-hybridized carbons (Fsp3) is 1.00. The molecule has 2 heteroatoms. The number of hydrogen-bond acceptors (Lipinski definition) is 2. The third kappa shape index (κ3) is 2.96. The molecular formula is C12H23NO. The molecule has 0 aromatic rings. The maximum atomic E-state index is 5.69. The van der Waals surface area contributed by atoms with Crippen LogP contribution in [0.15, 0.2) is 0 Å². The zero-order valence-electron chi connectivity index (χ0n) is 9.30. The molecule has 0 spiro atoms. The van der Waals surface area contributed by atoms with E-state index in [1.807, 2.05) is 0 Å². The van der Waals surface area contributed by atoms with Gasteiger partial charge >= 0.3 is 0 Å². The Morgan fingerprint density at radius 2 is 2.29 bits per heavy atom. The molecule has 82 valence electrons. The Morgan fingerprint density at radius 1 is 1.36 bits per heavy atom. The molecule has 2 aliphatic rings. The maximum absolute atomic E-state index is 5.69. The molecule has 3 atom stereocenters. The molecule has 1 saturated carbocycles. The lowest BCUT2D eigenvalue weighted by atomic mass is 10.1. The van der Waals surface area contributed by atoms with Gasteiger partial charge in [-0.1, -0.05) is 13.3 Å². The van der Waals surface area contributed by atoms with Gasteiger partial charge in [-0.05, 0) is 38.0 Å². The van der Waals surface area contributed by atoms with Crippen molar-refractivity contribution in [3.63, 3.8) is 0 Å². The van der Waals surface area contributed by atoms with E-state index in [0.717, 1.165) is 25.1 Å². The Labute approximate surface area is 87.4 Å². The van der Waals surface area contributed by atoms with Crippen LogP contribution in [-0.4, -0.2) is 25.3 Å². The predicted octanol–water partition coefficient (Wildman–Crippen LogP) is 2.33. The van der Waals surface area contributed by atoms with Crippen LogP contribution < -0.4 is 5.32 Å². The summed E-state index contributed by atoms with van der Waals surface area (Å²) in [5.41, 5.74) is 0. The number of hydrogen-bond donors (Lipinski definition) is 1. The molecule has 3 unspecified atom stereocenters. The molecule has 2 fully saturated rings. The molecule has 0 radical (unpaired) electrons. The first kappa shape index (κ1) is 10.4. The first-order valence-corrected chi connectivity index (χ1v) is 6.25. The van der Waals surface area contributed by atoms with E-state index in [1.54, 1.807) is 0 Å². The Hall–Kier alpha value is -0.0800. The van der Waals surface area contributed by atoms with Crippen molar-refractivity contribution in [3.8, 4) is 0 Å². The van der Waals surface area contributed by atoms with Gasteiger partial charge in [-0.25, -0.2) is 0 Å². The van der Waals surface area contributed by atoms with E-state index in [-0.39, 0.29) is 0 Å². The van der Waals surface area contributed by atoms with Gasteiger partial charge in [0, 0.05) is 19.2 Å². The SMILES string of the molecule is CCCC1CC1NCC1CCCCO1. The molecule has 1 heterocycles. The molecule has 0 aromatic carbocycles. The molecule has 2 rings (SSSR count). The maximum Gasteiger partial charge on any atom is 0.0699 e. The highest BCUT2D eigenvalue weighted by molar-refractivity contribution is 4.93. The van der Waals surface area contributed by atoms with Crippen molar-refractivity contribution in [2.75, 3.05) is 13.2 Å². The summed E-state index contributed by atoms with van der Waals surface area (Å²) in [7, 11) is 0. The lowest BCUT2D eigenvalue weighted by Gasteiger charge is -2.22. The fourth-order valence-corrected chi connectivity index (χ4v) is 2.44. The van der Waals surface area contributed by atoms with E-state index in [9.17, 15) is 0 Å². The normalized spacial score (nSPS) is 37.1. The average Bonchev–Trinajstić information content (AvgIpc) is 2.96. The number of rotatable bonds is 5. The first-order valence-electron chi connectivity index (χ1n) is 6.25. The molecule has 1 saturated heterocycles. The Kier molecular flexibility index (Phi) is 3.82.